The molecule has 8 heteroatoms. The second-order valence-corrected chi connectivity index (χ2v) is 6.55. The van der Waals surface area contributed by atoms with Gasteiger partial charge in [-0.3, -0.25) is 15.0 Å². The van der Waals surface area contributed by atoms with Gasteiger partial charge in [0, 0.05) is 5.70 Å². The molecule has 2 heterocycles. The molecule has 1 aliphatic rings. The predicted molar refractivity (Wildman–Crippen MR) is 99.5 cm³/mol. The number of aliphatic carboxylic acids is 1. The third kappa shape index (κ3) is 4.62. The molecule has 2 amide bonds. The number of allylic oxidation sites excluding steroid dienone is 2. The Labute approximate surface area is 159 Å². The Morgan fingerprint density at radius 1 is 1.11 bits per heavy atom. The normalized spacial score (nSPS) is 13.4. The van der Waals surface area contributed by atoms with E-state index in [0.29, 0.717) is 11.4 Å². The maximum Gasteiger partial charge on any atom is 0.411 e. The van der Waals surface area contributed by atoms with Gasteiger partial charge >= 0.3 is 18.0 Å². The third-order valence-corrected chi connectivity index (χ3v) is 4.63. The van der Waals surface area contributed by atoms with Crippen LogP contribution in [0.2, 0.25) is 0 Å². The van der Waals surface area contributed by atoms with Crippen LogP contribution >= 0.6 is 11.3 Å². The third-order valence-electron chi connectivity index (χ3n) is 3.74. The van der Waals surface area contributed by atoms with Crippen molar-refractivity contribution in [1.82, 2.24) is 10.2 Å². The van der Waals surface area contributed by atoms with Gasteiger partial charge in [0.1, 0.15) is 6.61 Å². The molecule has 0 fully saturated rings. The van der Waals surface area contributed by atoms with Gasteiger partial charge < -0.3 is 9.84 Å². The summed E-state index contributed by atoms with van der Waals surface area (Å²) in [7, 11) is 0. The van der Waals surface area contributed by atoms with Crippen molar-refractivity contribution in [3.05, 3.63) is 76.1 Å². The first-order chi connectivity index (χ1) is 13.0. The van der Waals surface area contributed by atoms with Crippen LogP contribution in [-0.2, 0) is 20.9 Å². The first-order valence-corrected chi connectivity index (χ1v) is 8.90. The van der Waals surface area contributed by atoms with Crippen molar-refractivity contribution in [2.45, 2.75) is 6.61 Å². The average molecular weight is 384 g/mol. The molecule has 3 rings (SSSR count). The Kier molecular flexibility index (Phi) is 5.68. The van der Waals surface area contributed by atoms with Gasteiger partial charge in [-0.15, -0.1) is 11.3 Å². The Morgan fingerprint density at radius 2 is 1.89 bits per heavy atom. The number of thiophene rings is 1. The zero-order chi connectivity index (χ0) is 19.2. The highest BCUT2D eigenvalue weighted by Gasteiger charge is 2.28. The topological polar surface area (TPSA) is 95.9 Å². The highest BCUT2D eigenvalue weighted by atomic mass is 32.1. The largest absolute Gasteiger partial charge is 0.474 e. The summed E-state index contributed by atoms with van der Waals surface area (Å²) in [5, 5.41) is 13.5. The number of ether oxygens (including phenoxy) is 1. The summed E-state index contributed by atoms with van der Waals surface area (Å²) in [4.78, 5) is 37.1. The van der Waals surface area contributed by atoms with Crippen LogP contribution in [0.4, 0.5) is 4.79 Å². The fourth-order valence-electron chi connectivity index (χ4n) is 2.49. The number of hydrogen-bond donors (Lipinski definition) is 2. The van der Waals surface area contributed by atoms with Crippen molar-refractivity contribution in [2.24, 2.45) is 0 Å². The Hall–Kier alpha value is -3.39. The van der Waals surface area contributed by atoms with Crippen LogP contribution in [0.3, 0.4) is 0 Å². The molecule has 1 aromatic carbocycles. The minimum atomic E-state index is -1.56. The SMILES string of the molecule is O=C(NC1=CC=C(c2cccs2)N(C(=O)C(=O)O)C1)OCc1ccccc1. The number of amides is 2. The van der Waals surface area contributed by atoms with Gasteiger partial charge in [0.05, 0.1) is 17.1 Å². The summed E-state index contributed by atoms with van der Waals surface area (Å²) < 4.78 is 5.14. The molecule has 0 spiro atoms. The highest BCUT2D eigenvalue weighted by Crippen LogP contribution is 2.27. The van der Waals surface area contributed by atoms with Crippen LogP contribution in [0.25, 0.3) is 5.70 Å². The lowest BCUT2D eigenvalue weighted by atomic mass is 10.2. The molecule has 0 bridgehead atoms. The zero-order valence-corrected chi connectivity index (χ0v) is 14.9. The van der Waals surface area contributed by atoms with E-state index in [0.717, 1.165) is 15.3 Å². The van der Waals surface area contributed by atoms with E-state index in [-0.39, 0.29) is 13.2 Å². The van der Waals surface area contributed by atoms with Crippen molar-refractivity contribution >= 4 is 35.0 Å². The molecule has 0 unspecified atom stereocenters. The average Bonchev–Trinajstić information content (AvgIpc) is 3.21. The molecule has 1 aromatic heterocycles. The summed E-state index contributed by atoms with van der Waals surface area (Å²) in [6, 6.07) is 12.8. The molecule has 0 aliphatic carbocycles. The van der Waals surface area contributed by atoms with Crippen molar-refractivity contribution in [3.63, 3.8) is 0 Å². The van der Waals surface area contributed by atoms with Gasteiger partial charge in [0.2, 0.25) is 0 Å². The van der Waals surface area contributed by atoms with Gasteiger partial charge in [-0.2, -0.15) is 0 Å². The first kappa shape index (κ1) is 18.4. The van der Waals surface area contributed by atoms with Gasteiger partial charge in [-0.25, -0.2) is 9.59 Å². The minimum Gasteiger partial charge on any atom is -0.474 e. The number of alkyl carbamates (subject to hydrolysis) is 1. The van der Waals surface area contributed by atoms with E-state index in [4.69, 9.17) is 9.84 Å². The number of rotatable bonds is 4. The van der Waals surface area contributed by atoms with Crippen LogP contribution in [0.15, 0.2) is 65.7 Å². The van der Waals surface area contributed by atoms with Crippen LogP contribution in [-0.4, -0.2) is 34.5 Å². The molecular weight excluding hydrogens is 368 g/mol. The van der Waals surface area contributed by atoms with E-state index >= 15 is 0 Å². The smallest absolute Gasteiger partial charge is 0.411 e. The summed E-state index contributed by atoms with van der Waals surface area (Å²) in [5.74, 6) is -2.63. The maximum absolute atomic E-state index is 12.1. The standard InChI is InChI=1S/C19H16N2O5S/c22-17(18(23)24)21-11-14(8-9-15(21)16-7-4-10-27-16)20-19(25)26-12-13-5-2-1-3-6-13/h1-10H,11-12H2,(H,20,25)(H,23,24). The zero-order valence-electron chi connectivity index (χ0n) is 14.1. The van der Waals surface area contributed by atoms with Crippen LogP contribution in [0.5, 0.6) is 0 Å². The van der Waals surface area contributed by atoms with Crippen molar-refractivity contribution < 1.29 is 24.2 Å². The summed E-state index contributed by atoms with van der Waals surface area (Å²) in [5.41, 5.74) is 1.68. The lowest BCUT2D eigenvalue weighted by Crippen LogP contribution is -2.41. The number of carboxylic acids is 1. The maximum atomic E-state index is 12.1. The second-order valence-electron chi connectivity index (χ2n) is 5.60. The Bertz CT molecular complexity index is 903. The van der Waals surface area contributed by atoms with Crippen molar-refractivity contribution in [2.75, 3.05) is 6.54 Å². The molecule has 2 aromatic rings. The molecule has 0 radical (unpaired) electrons. The molecule has 2 N–H and O–H groups in total. The van der Waals surface area contributed by atoms with E-state index in [9.17, 15) is 14.4 Å². The Morgan fingerprint density at radius 3 is 2.56 bits per heavy atom. The fraction of sp³-hybridized carbons (Fsp3) is 0.105. The summed E-state index contributed by atoms with van der Waals surface area (Å²) >= 11 is 1.39. The summed E-state index contributed by atoms with van der Waals surface area (Å²) in [6.45, 7) is 0.0311. The number of carboxylic acid groups (broad SMARTS) is 1. The number of carbonyl (C=O) groups excluding carboxylic acids is 2. The molecule has 7 nitrogen and oxygen atoms in total. The molecule has 0 saturated heterocycles. The van der Waals surface area contributed by atoms with Crippen LogP contribution in [0, 0.1) is 0 Å². The van der Waals surface area contributed by atoms with E-state index in [2.05, 4.69) is 5.32 Å². The van der Waals surface area contributed by atoms with E-state index in [1.807, 2.05) is 41.8 Å². The van der Waals surface area contributed by atoms with Gasteiger partial charge in [0.15, 0.2) is 0 Å². The molecule has 1 aliphatic heterocycles. The number of hydrogen-bond acceptors (Lipinski definition) is 5. The number of nitrogens with one attached hydrogen (secondary N) is 1. The Balaban J connectivity index is 1.69. The number of benzene rings is 1. The molecular formula is C19H16N2O5S. The van der Waals surface area contributed by atoms with Gasteiger partial charge in [-0.1, -0.05) is 36.4 Å². The first-order valence-electron chi connectivity index (χ1n) is 8.02. The monoisotopic (exact) mass is 384 g/mol. The second kappa shape index (κ2) is 8.33. The van der Waals surface area contributed by atoms with Crippen LogP contribution in [0.1, 0.15) is 10.4 Å². The lowest BCUT2D eigenvalue weighted by molar-refractivity contribution is -0.153. The van der Waals surface area contributed by atoms with Gasteiger partial charge in [-0.05, 0) is 29.2 Å². The molecule has 27 heavy (non-hydrogen) atoms. The van der Waals surface area contributed by atoms with Crippen molar-refractivity contribution in [1.29, 1.82) is 0 Å². The lowest BCUT2D eigenvalue weighted by Gasteiger charge is -2.27. The molecule has 0 atom stereocenters. The number of nitrogens with zero attached hydrogens (tertiary/aromatic N) is 1. The van der Waals surface area contributed by atoms with Crippen LogP contribution < -0.4 is 5.32 Å². The fourth-order valence-corrected chi connectivity index (χ4v) is 3.25. The molecule has 0 saturated carbocycles. The number of carbonyl (C=O) groups is 3. The summed E-state index contributed by atoms with van der Waals surface area (Å²) in [6.07, 6.45) is 2.55. The quantitative estimate of drug-likeness (QED) is 0.791. The molecule has 138 valence electrons. The highest BCUT2D eigenvalue weighted by molar-refractivity contribution is 7.11. The predicted octanol–water partition coefficient (Wildman–Crippen LogP) is 2.83. The van der Waals surface area contributed by atoms with E-state index < -0.39 is 18.0 Å². The van der Waals surface area contributed by atoms with Gasteiger partial charge in [0.25, 0.3) is 0 Å². The van der Waals surface area contributed by atoms with Crippen molar-refractivity contribution in [3.8, 4) is 0 Å². The minimum absolute atomic E-state index is 0.0741. The van der Waals surface area contributed by atoms with E-state index in [1.165, 1.54) is 11.3 Å². The van der Waals surface area contributed by atoms with E-state index in [1.54, 1.807) is 18.2 Å².